The maximum atomic E-state index is 12.8. The first kappa shape index (κ1) is 29.1. The number of carbonyl (C=O) groups excluding carboxylic acids is 2. The number of hydrogen-bond acceptors (Lipinski definition) is 4. The summed E-state index contributed by atoms with van der Waals surface area (Å²) in [5.74, 6) is -1.05. The Morgan fingerprint density at radius 2 is 1.06 bits per heavy atom. The van der Waals surface area contributed by atoms with Crippen molar-refractivity contribution < 1.29 is 23.5 Å². The van der Waals surface area contributed by atoms with Gasteiger partial charge in [-0.25, -0.2) is 4.39 Å². The molecule has 0 fully saturated rings. The highest BCUT2D eigenvalue weighted by Crippen LogP contribution is 2.13. The van der Waals surface area contributed by atoms with E-state index in [1.54, 1.807) is 12.1 Å². The topological polar surface area (TPSA) is 52.6 Å². The molecule has 0 heterocycles. The van der Waals surface area contributed by atoms with Gasteiger partial charge < -0.3 is 9.47 Å². The quantitative estimate of drug-likeness (QED) is 0.138. The molecule has 0 bridgehead atoms. The molecule has 0 spiro atoms. The standard InChI is InChI=1S/C28H45FO4/c1-2-3-4-5-6-7-8-9-10-11-12-13-14-15-23-32-27(30)20-21-28(31)33-24-22-25-16-18-26(29)19-17-25/h16-19H,2-15,20-24H2,1H3. The molecule has 1 aromatic rings. The third-order valence-corrected chi connectivity index (χ3v) is 5.86. The number of rotatable bonds is 21. The second kappa shape index (κ2) is 20.7. The molecule has 188 valence electrons. The van der Waals surface area contributed by atoms with Crippen LogP contribution >= 0.6 is 0 Å². The summed E-state index contributed by atoms with van der Waals surface area (Å²) in [6, 6.07) is 6.09. The highest BCUT2D eigenvalue weighted by atomic mass is 19.1. The van der Waals surface area contributed by atoms with E-state index in [4.69, 9.17) is 9.47 Å². The minimum atomic E-state index is -0.412. The monoisotopic (exact) mass is 464 g/mol. The highest BCUT2D eigenvalue weighted by Gasteiger charge is 2.09. The van der Waals surface area contributed by atoms with Crippen molar-refractivity contribution in [3.05, 3.63) is 35.6 Å². The molecular weight excluding hydrogens is 419 g/mol. The Morgan fingerprint density at radius 1 is 0.636 bits per heavy atom. The zero-order valence-corrected chi connectivity index (χ0v) is 20.8. The van der Waals surface area contributed by atoms with Gasteiger partial charge in [-0.3, -0.25) is 9.59 Å². The zero-order valence-electron chi connectivity index (χ0n) is 20.8. The Kier molecular flexibility index (Phi) is 18.2. The summed E-state index contributed by atoms with van der Waals surface area (Å²) in [6.45, 7) is 2.91. The average Bonchev–Trinajstić information content (AvgIpc) is 2.81. The predicted octanol–water partition coefficient (Wildman–Crippen LogP) is 7.72. The van der Waals surface area contributed by atoms with Crippen LogP contribution in [0, 0.1) is 5.82 Å². The van der Waals surface area contributed by atoms with Crippen LogP contribution in [0.1, 0.15) is 115 Å². The lowest BCUT2D eigenvalue weighted by molar-refractivity contribution is -0.150. The van der Waals surface area contributed by atoms with Crippen LogP contribution in [0.15, 0.2) is 24.3 Å². The van der Waals surface area contributed by atoms with Crippen molar-refractivity contribution in [2.75, 3.05) is 13.2 Å². The zero-order chi connectivity index (χ0) is 24.0. The van der Waals surface area contributed by atoms with Crippen LogP contribution in [0.25, 0.3) is 0 Å². The fourth-order valence-corrected chi connectivity index (χ4v) is 3.76. The number of hydrogen-bond donors (Lipinski definition) is 0. The van der Waals surface area contributed by atoms with Crippen molar-refractivity contribution in [3.63, 3.8) is 0 Å². The summed E-state index contributed by atoms with van der Waals surface area (Å²) >= 11 is 0. The van der Waals surface area contributed by atoms with E-state index < -0.39 is 5.97 Å². The molecule has 33 heavy (non-hydrogen) atoms. The summed E-state index contributed by atoms with van der Waals surface area (Å²) in [7, 11) is 0. The number of halogens is 1. The van der Waals surface area contributed by atoms with E-state index in [1.807, 2.05) is 0 Å². The average molecular weight is 465 g/mol. The maximum Gasteiger partial charge on any atom is 0.306 e. The molecule has 0 atom stereocenters. The van der Waals surface area contributed by atoms with Crippen molar-refractivity contribution in [1.82, 2.24) is 0 Å². The molecule has 0 amide bonds. The second-order valence-corrected chi connectivity index (χ2v) is 8.91. The first-order chi connectivity index (χ1) is 16.1. The van der Waals surface area contributed by atoms with Crippen molar-refractivity contribution in [2.45, 2.75) is 116 Å². The molecule has 1 rings (SSSR count). The molecule has 0 unspecified atom stereocenters. The molecular formula is C28H45FO4. The van der Waals surface area contributed by atoms with E-state index in [2.05, 4.69) is 6.92 Å². The van der Waals surface area contributed by atoms with Crippen LogP contribution in [0.3, 0.4) is 0 Å². The van der Waals surface area contributed by atoms with Gasteiger partial charge in [0.15, 0.2) is 0 Å². The first-order valence-corrected chi connectivity index (χ1v) is 13.2. The van der Waals surface area contributed by atoms with Gasteiger partial charge in [0, 0.05) is 6.42 Å². The van der Waals surface area contributed by atoms with Crippen LogP contribution in [-0.4, -0.2) is 25.2 Å². The molecule has 0 saturated heterocycles. The van der Waals surface area contributed by atoms with Gasteiger partial charge in [0.25, 0.3) is 0 Å². The van der Waals surface area contributed by atoms with E-state index in [0.717, 1.165) is 18.4 Å². The number of esters is 2. The van der Waals surface area contributed by atoms with Crippen molar-refractivity contribution >= 4 is 11.9 Å². The van der Waals surface area contributed by atoms with Gasteiger partial charge in [0.05, 0.1) is 26.1 Å². The van der Waals surface area contributed by atoms with E-state index in [-0.39, 0.29) is 31.2 Å². The van der Waals surface area contributed by atoms with Gasteiger partial charge >= 0.3 is 11.9 Å². The first-order valence-electron chi connectivity index (χ1n) is 13.2. The molecule has 0 radical (unpaired) electrons. The molecule has 4 nitrogen and oxygen atoms in total. The minimum absolute atomic E-state index is 0.0288. The van der Waals surface area contributed by atoms with Crippen LogP contribution < -0.4 is 0 Å². The third kappa shape index (κ3) is 18.2. The molecule has 0 aliphatic heterocycles. The molecule has 0 aromatic heterocycles. The largest absolute Gasteiger partial charge is 0.466 e. The van der Waals surface area contributed by atoms with Gasteiger partial charge in [-0.15, -0.1) is 0 Å². The van der Waals surface area contributed by atoms with Crippen molar-refractivity contribution in [3.8, 4) is 0 Å². The summed E-state index contributed by atoms with van der Waals surface area (Å²) in [5.41, 5.74) is 0.900. The van der Waals surface area contributed by atoms with Gasteiger partial charge in [-0.05, 0) is 24.1 Å². The maximum absolute atomic E-state index is 12.8. The molecule has 0 aliphatic rings. The normalized spacial score (nSPS) is 10.8. The van der Waals surface area contributed by atoms with Crippen LogP contribution in [-0.2, 0) is 25.5 Å². The smallest absolute Gasteiger partial charge is 0.306 e. The summed E-state index contributed by atoms with van der Waals surface area (Å²) in [4.78, 5) is 23.5. The Hall–Kier alpha value is -1.91. The lowest BCUT2D eigenvalue weighted by atomic mass is 10.0. The SMILES string of the molecule is CCCCCCCCCCCCCCCCOC(=O)CCC(=O)OCCc1ccc(F)cc1. The van der Waals surface area contributed by atoms with E-state index >= 15 is 0 Å². The van der Waals surface area contributed by atoms with Crippen LogP contribution in [0.4, 0.5) is 4.39 Å². The second-order valence-electron chi connectivity index (χ2n) is 8.91. The fraction of sp³-hybridized carbons (Fsp3) is 0.714. The lowest BCUT2D eigenvalue weighted by Crippen LogP contribution is -2.12. The third-order valence-electron chi connectivity index (χ3n) is 5.86. The number of ether oxygens (including phenoxy) is 2. The molecule has 0 aliphatic carbocycles. The Labute approximate surface area is 200 Å². The van der Waals surface area contributed by atoms with E-state index in [9.17, 15) is 14.0 Å². The Bertz CT molecular complexity index is 615. The molecule has 0 saturated carbocycles. The predicted molar refractivity (Wildman–Crippen MR) is 132 cm³/mol. The van der Waals surface area contributed by atoms with Gasteiger partial charge in [0.1, 0.15) is 5.82 Å². The minimum Gasteiger partial charge on any atom is -0.466 e. The lowest BCUT2D eigenvalue weighted by Gasteiger charge is -2.06. The summed E-state index contributed by atoms with van der Waals surface area (Å²) in [5, 5.41) is 0. The van der Waals surface area contributed by atoms with Crippen molar-refractivity contribution in [1.29, 1.82) is 0 Å². The summed E-state index contributed by atoms with van der Waals surface area (Å²) < 4.78 is 23.2. The highest BCUT2D eigenvalue weighted by molar-refractivity contribution is 5.77. The number of benzene rings is 1. The van der Waals surface area contributed by atoms with E-state index in [0.29, 0.717) is 13.0 Å². The molecule has 0 N–H and O–H groups in total. The van der Waals surface area contributed by atoms with Crippen molar-refractivity contribution in [2.24, 2.45) is 0 Å². The fourth-order valence-electron chi connectivity index (χ4n) is 3.76. The Morgan fingerprint density at radius 3 is 1.55 bits per heavy atom. The number of unbranched alkanes of at least 4 members (excludes halogenated alkanes) is 13. The molecule has 1 aromatic carbocycles. The van der Waals surface area contributed by atoms with Gasteiger partial charge in [-0.2, -0.15) is 0 Å². The summed E-state index contributed by atoms with van der Waals surface area (Å²) in [6.07, 6.45) is 18.7. The van der Waals surface area contributed by atoms with Crippen LogP contribution in [0.5, 0.6) is 0 Å². The molecule has 5 heteroatoms. The van der Waals surface area contributed by atoms with E-state index in [1.165, 1.54) is 89.2 Å². The van der Waals surface area contributed by atoms with Gasteiger partial charge in [-0.1, -0.05) is 103 Å². The number of carbonyl (C=O) groups is 2. The Balaban J connectivity index is 1.83. The van der Waals surface area contributed by atoms with Crippen LogP contribution in [0.2, 0.25) is 0 Å². The van der Waals surface area contributed by atoms with Gasteiger partial charge in [0.2, 0.25) is 0 Å².